The predicted octanol–water partition coefficient (Wildman–Crippen LogP) is 5.01. The number of hydrogen-bond acceptors (Lipinski definition) is 5. The van der Waals surface area contributed by atoms with Crippen LogP contribution in [0.1, 0.15) is 39.1 Å². The van der Waals surface area contributed by atoms with Crippen molar-refractivity contribution in [3.8, 4) is 23.0 Å². The highest BCUT2D eigenvalue weighted by molar-refractivity contribution is 5.53. The van der Waals surface area contributed by atoms with Crippen molar-refractivity contribution in [2.24, 2.45) is 0 Å². The summed E-state index contributed by atoms with van der Waals surface area (Å²) in [5.41, 5.74) is 2.27. The number of para-hydroxylation sites is 2. The molecule has 0 radical (unpaired) electrons. The van der Waals surface area contributed by atoms with Crippen molar-refractivity contribution in [3.63, 3.8) is 0 Å². The minimum Gasteiger partial charge on any atom is -0.490 e. The van der Waals surface area contributed by atoms with E-state index >= 15 is 0 Å². The van der Waals surface area contributed by atoms with E-state index in [0.29, 0.717) is 29.9 Å². The Labute approximate surface area is 154 Å². The van der Waals surface area contributed by atoms with Crippen molar-refractivity contribution in [2.75, 3.05) is 6.61 Å². The van der Waals surface area contributed by atoms with Crippen molar-refractivity contribution in [3.05, 3.63) is 60.0 Å². The third-order valence-corrected chi connectivity index (χ3v) is 3.96. The Kier molecular flexibility index (Phi) is 5.26. The van der Waals surface area contributed by atoms with E-state index < -0.39 is 0 Å². The fourth-order valence-corrected chi connectivity index (χ4v) is 2.53. The molecule has 0 atom stereocenters. The van der Waals surface area contributed by atoms with Gasteiger partial charge in [0.05, 0.1) is 6.61 Å². The van der Waals surface area contributed by atoms with Gasteiger partial charge in [0.25, 0.3) is 5.89 Å². The van der Waals surface area contributed by atoms with Crippen molar-refractivity contribution in [2.45, 2.75) is 39.7 Å². The molecule has 26 heavy (non-hydrogen) atoms. The minimum atomic E-state index is 0.111. The molecule has 5 heteroatoms. The third kappa shape index (κ3) is 4.23. The first-order valence-corrected chi connectivity index (χ1v) is 8.75. The summed E-state index contributed by atoms with van der Waals surface area (Å²) in [5.74, 6) is 2.27. The van der Waals surface area contributed by atoms with Crippen molar-refractivity contribution < 1.29 is 13.9 Å². The molecule has 0 unspecified atom stereocenters. The highest BCUT2D eigenvalue weighted by Crippen LogP contribution is 2.28. The topological polar surface area (TPSA) is 57.4 Å². The number of benzene rings is 2. The molecular formula is C21H24N2O3. The molecule has 1 heterocycles. The molecule has 3 aromatic rings. The first kappa shape index (κ1) is 18.0. The summed E-state index contributed by atoms with van der Waals surface area (Å²) in [5, 5.41) is 8.19. The highest BCUT2D eigenvalue weighted by Gasteiger charge is 2.15. The number of nitrogens with zero attached hydrogens (tertiary/aromatic N) is 2. The van der Waals surface area contributed by atoms with Crippen LogP contribution in [-0.2, 0) is 12.0 Å². The van der Waals surface area contributed by atoms with Crippen LogP contribution >= 0.6 is 0 Å². The number of aromatic nitrogens is 2. The molecule has 0 amide bonds. The largest absolute Gasteiger partial charge is 0.490 e. The Morgan fingerprint density at radius 3 is 2.15 bits per heavy atom. The van der Waals surface area contributed by atoms with E-state index in [1.807, 2.05) is 43.3 Å². The van der Waals surface area contributed by atoms with E-state index in [9.17, 15) is 0 Å². The average Bonchev–Trinajstić information content (AvgIpc) is 3.10. The lowest BCUT2D eigenvalue weighted by atomic mass is 9.87. The van der Waals surface area contributed by atoms with E-state index in [4.69, 9.17) is 13.9 Å². The predicted molar refractivity (Wildman–Crippen MR) is 100 cm³/mol. The lowest BCUT2D eigenvalue weighted by molar-refractivity contribution is 0.243. The minimum absolute atomic E-state index is 0.111. The van der Waals surface area contributed by atoms with Crippen molar-refractivity contribution >= 4 is 0 Å². The summed E-state index contributed by atoms with van der Waals surface area (Å²) < 4.78 is 17.0. The molecule has 0 N–H and O–H groups in total. The van der Waals surface area contributed by atoms with Crippen LogP contribution < -0.4 is 9.47 Å². The van der Waals surface area contributed by atoms with Crippen LogP contribution in [0.5, 0.6) is 11.5 Å². The van der Waals surface area contributed by atoms with Gasteiger partial charge < -0.3 is 13.9 Å². The lowest BCUT2D eigenvalue weighted by Gasteiger charge is -2.18. The zero-order chi connectivity index (χ0) is 18.6. The van der Waals surface area contributed by atoms with Gasteiger partial charge in [-0.1, -0.05) is 45.0 Å². The third-order valence-electron chi connectivity index (χ3n) is 3.96. The average molecular weight is 352 g/mol. The van der Waals surface area contributed by atoms with Gasteiger partial charge in [-0.3, -0.25) is 0 Å². The summed E-state index contributed by atoms with van der Waals surface area (Å²) >= 11 is 0. The van der Waals surface area contributed by atoms with Gasteiger partial charge >= 0.3 is 0 Å². The molecule has 0 aliphatic carbocycles. The number of ether oxygens (including phenoxy) is 2. The van der Waals surface area contributed by atoms with Gasteiger partial charge in [0.1, 0.15) is 0 Å². The molecule has 0 bridgehead atoms. The van der Waals surface area contributed by atoms with E-state index in [2.05, 4.69) is 43.1 Å². The van der Waals surface area contributed by atoms with Crippen LogP contribution in [0.15, 0.2) is 52.9 Å². The molecule has 5 nitrogen and oxygen atoms in total. The van der Waals surface area contributed by atoms with Gasteiger partial charge in [0.15, 0.2) is 18.1 Å². The quantitative estimate of drug-likeness (QED) is 0.624. The summed E-state index contributed by atoms with van der Waals surface area (Å²) in [6.07, 6.45) is 0. The Balaban J connectivity index is 1.69. The molecule has 136 valence electrons. The molecule has 0 aliphatic rings. The van der Waals surface area contributed by atoms with Crippen molar-refractivity contribution in [1.29, 1.82) is 0 Å². The maximum absolute atomic E-state index is 5.77. The van der Waals surface area contributed by atoms with Gasteiger partial charge in [0.2, 0.25) is 5.89 Å². The first-order valence-electron chi connectivity index (χ1n) is 8.75. The summed E-state index contributed by atoms with van der Waals surface area (Å²) in [4.78, 5) is 0. The standard InChI is InChI=1S/C21H24N2O3/c1-5-24-17-8-6-7-9-18(17)25-14-19-22-23-20(26-19)15-10-12-16(13-11-15)21(2,3)4/h6-13H,5,14H2,1-4H3. The zero-order valence-corrected chi connectivity index (χ0v) is 15.7. The second kappa shape index (κ2) is 7.60. The molecule has 3 rings (SSSR count). The number of hydrogen-bond donors (Lipinski definition) is 0. The number of rotatable bonds is 6. The smallest absolute Gasteiger partial charge is 0.254 e. The summed E-state index contributed by atoms with van der Waals surface area (Å²) in [7, 11) is 0. The van der Waals surface area contributed by atoms with Crippen LogP contribution in [0.2, 0.25) is 0 Å². The Hall–Kier alpha value is -2.82. The van der Waals surface area contributed by atoms with Crippen LogP contribution in [0.25, 0.3) is 11.5 Å². The summed E-state index contributed by atoms with van der Waals surface area (Å²) in [6, 6.07) is 15.7. The molecule has 1 aromatic heterocycles. The van der Waals surface area contributed by atoms with Gasteiger partial charge in [-0.15, -0.1) is 10.2 Å². The highest BCUT2D eigenvalue weighted by atomic mass is 16.5. The maximum Gasteiger partial charge on any atom is 0.254 e. The van der Waals surface area contributed by atoms with E-state index in [0.717, 1.165) is 5.56 Å². The molecule has 0 aliphatic heterocycles. The fraction of sp³-hybridized carbons (Fsp3) is 0.333. The van der Waals surface area contributed by atoms with Gasteiger partial charge in [-0.2, -0.15) is 0 Å². The summed E-state index contributed by atoms with van der Waals surface area (Å²) in [6.45, 7) is 9.26. The van der Waals surface area contributed by atoms with Gasteiger partial charge in [0, 0.05) is 5.56 Å². The van der Waals surface area contributed by atoms with Crippen LogP contribution in [0, 0.1) is 0 Å². The second-order valence-electron chi connectivity index (χ2n) is 7.00. The SMILES string of the molecule is CCOc1ccccc1OCc1nnc(-c2ccc(C(C)(C)C)cc2)o1. The fourth-order valence-electron chi connectivity index (χ4n) is 2.53. The van der Waals surface area contributed by atoms with Crippen LogP contribution in [-0.4, -0.2) is 16.8 Å². The molecule has 2 aromatic carbocycles. The lowest BCUT2D eigenvalue weighted by Crippen LogP contribution is -2.10. The zero-order valence-electron chi connectivity index (χ0n) is 15.7. The Morgan fingerprint density at radius 2 is 1.54 bits per heavy atom. The van der Waals surface area contributed by atoms with E-state index in [-0.39, 0.29) is 12.0 Å². The van der Waals surface area contributed by atoms with Crippen LogP contribution in [0.3, 0.4) is 0 Å². The molecule has 0 fully saturated rings. The molecule has 0 saturated carbocycles. The van der Waals surface area contributed by atoms with E-state index in [1.54, 1.807) is 0 Å². The van der Waals surface area contributed by atoms with Gasteiger partial charge in [-0.05, 0) is 42.2 Å². The normalized spacial score (nSPS) is 11.4. The van der Waals surface area contributed by atoms with E-state index in [1.165, 1.54) is 5.56 Å². The Morgan fingerprint density at radius 1 is 0.885 bits per heavy atom. The molecular weight excluding hydrogens is 328 g/mol. The maximum atomic E-state index is 5.77. The monoisotopic (exact) mass is 352 g/mol. The molecule has 0 saturated heterocycles. The second-order valence-corrected chi connectivity index (χ2v) is 7.00. The molecule has 0 spiro atoms. The van der Waals surface area contributed by atoms with Crippen LogP contribution in [0.4, 0.5) is 0 Å². The van der Waals surface area contributed by atoms with Crippen molar-refractivity contribution in [1.82, 2.24) is 10.2 Å². The first-order chi connectivity index (χ1) is 12.5. The van der Waals surface area contributed by atoms with Gasteiger partial charge in [-0.25, -0.2) is 0 Å². The Bertz CT molecular complexity index is 848.